The van der Waals surface area contributed by atoms with E-state index in [1.807, 2.05) is 13.8 Å². The quantitative estimate of drug-likeness (QED) is 0.793. The van der Waals surface area contributed by atoms with Gasteiger partial charge in [0.2, 0.25) is 0 Å². The van der Waals surface area contributed by atoms with E-state index >= 15 is 0 Å². The first-order valence-electron chi connectivity index (χ1n) is 7.63. The minimum Gasteiger partial charge on any atom is -0.486 e. The SMILES string of the molecule is CCC(C)NC(=O)c1ccc(COc2ccc(C(C)=O)cc2)o1. The van der Waals surface area contributed by atoms with Crippen LogP contribution >= 0.6 is 0 Å². The first kappa shape index (κ1) is 16.8. The Kier molecular flexibility index (Phi) is 5.57. The first-order chi connectivity index (χ1) is 11.0. The van der Waals surface area contributed by atoms with Crippen LogP contribution in [0.1, 0.15) is 53.9 Å². The van der Waals surface area contributed by atoms with Gasteiger partial charge in [0.1, 0.15) is 18.1 Å². The summed E-state index contributed by atoms with van der Waals surface area (Å²) in [6.07, 6.45) is 0.860. The van der Waals surface area contributed by atoms with Crippen molar-refractivity contribution in [3.05, 3.63) is 53.5 Å². The van der Waals surface area contributed by atoms with Crippen LogP contribution in [0.15, 0.2) is 40.8 Å². The van der Waals surface area contributed by atoms with Crippen LogP contribution in [0.3, 0.4) is 0 Å². The van der Waals surface area contributed by atoms with Crippen molar-refractivity contribution < 1.29 is 18.7 Å². The standard InChI is InChI=1S/C18H21NO4/c1-4-12(2)19-18(21)17-10-9-16(23-17)11-22-15-7-5-14(6-8-15)13(3)20/h5-10,12H,4,11H2,1-3H3,(H,19,21). The second-order valence-corrected chi connectivity index (χ2v) is 5.42. The normalized spacial score (nSPS) is 11.8. The fourth-order valence-electron chi connectivity index (χ4n) is 1.91. The predicted molar refractivity (Wildman–Crippen MR) is 86.7 cm³/mol. The molecule has 1 N–H and O–H groups in total. The summed E-state index contributed by atoms with van der Waals surface area (Å²) in [7, 11) is 0. The molecule has 5 heteroatoms. The zero-order chi connectivity index (χ0) is 16.8. The van der Waals surface area contributed by atoms with E-state index in [1.54, 1.807) is 36.4 Å². The van der Waals surface area contributed by atoms with Gasteiger partial charge in [-0.25, -0.2) is 0 Å². The molecule has 1 amide bonds. The van der Waals surface area contributed by atoms with E-state index in [-0.39, 0.29) is 30.1 Å². The zero-order valence-electron chi connectivity index (χ0n) is 13.6. The van der Waals surface area contributed by atoms with Crippen molar-refractivity contribution in [3.8, 4) is 5.75 Å². The Morgan fingerprint density at radius 1 is 1.17 bits per heavy atom. The van der Waals surface area contributed by atoms with Gasteiger partial charge in [-0.15, -0.1) is 0 Å². The maximum absolute atomic E-state index is 11.9. The van der Waals surface area contributed by atoms with Crippen LogP contribution in [-0.4, -0.2) is 17.7 Å². The zero-order valence-corrected chi connectivity index (χ0v) is 13.6. The number of benzene rings is 1. The fourth-order valence-corrected chi connectivity index (χ4v) is 1.91. The summed E-state index contributed by atoms with van der Waals surface area (Å²) in [6.45, 7) is 5.68. The van der Waals surface area contributed by atoms with Gasteiger partial charge in [0.05, 0.1) is 0 Å². The largest absolute Gasteiger partial charge is 0.486 e. The molecule has 1 heterocycles. The molecule has 0 radical (unpaired) electrons. The van der Waals surface area contributed by atoms with Crippen molar-refractivity contribution in [1.29, 1.82) is 0 Å². The van der Waals surface area contributed by atoms with Crippen LogP contribution in [-0.2, 0) is 6.61 Å². The number of ether oxygens (including phenoxy) is 1. The van der Waals surface area contributed by atoms with Gasteiger partial charge in [-0.2, -0.15) is 0 Å². The predicted octanol–water partition coefficient (Wildman–Crippen LogP) is 3.59. The van der Waals surface area contributed by atoms with E-state index in [0.29, 0.717) is 17.1 Å². The third-order valence-corrected chi connectivity index (χ3v) is 3.52. The molecule has 1 unspecified atom stereocenters. The van der Waals surface area contributed by atoms with Crippen LogP contribution in [0.25, 0.3) is 0 Å². The highest BCUT2D eigenvalue weighted by Crippen LogP contribution is 2.16. The number of hydrogen-bond donors (Lipinski definition) is 1. The molecule has 0 aliphatic heterocycles. The van der Waals surface area contributed by atoms with Gasteiger partial charge in [0, 0.05) is 11.6 Å². The summed E-state index contributed by atoms with van der Waals surface area (Å²) in [6, 6.07) is 10.3. The van der Waals surface area contributed by atoms with Gasteiger partial charge >= 0.3 is 0 Å². The van der Waals surface area contributed by atoms with E-state index in [1.165, 1.54) is 6.92 Å². The average Bonchev–Trinajstić information content (AvgIpc) is 3.02. The summed E-state index contributed by atoms with van der Waals surface area (Å²) >= 11 is 0. The second-order valence-electron chi connectivity index (χ2n) is 5.42. The molecule has 0 aliphatic rings. The van der Waals surface area contributed by atoms with Gasteiger partial charge in [0.25, 0.3) is 5.91 Å². The molecule has 1 aromatic heterocycles. The summed E-state index contributed by atoms with van der Waals surface area (Å²) in [4.78, 5) is 23.1. The topological polar surface area (TPSA) is 68.5 Å². The molecule has 0 saturated carbocycles. The lowest BCUT2D eigenvalue weighted by molar-refractivity contribution is 0.0906. The van der Waals surface area contributed by atoms with E-state index in [0.717, 1.165) is 6.42 Å². The summed E-state index contributed by atoms with van der Waals surface area (Å²) in [5, 5.41) is 2.84. The van der Waals surface area contributed by atoms with Crippen LogP contribution < -0.4 is 10.1 Å². The molecule has 23 heavy (non-hydrogen) atoms. The van der Waals surface area contributed by atoms with Crippen LogP contribution in [0, 0.1) is 0 Å². The molecular formula is C18H21NO4. The second kappa shape index (κ2) is 7.63. The van der Waals surface area contributed by atoms with E-state index in [2.05, 4.69) is 5.32 Å². The lowest BCUT2D eigenvalue weighted by atomic mass is 10.1. The molecule has 122 valence electrons. The number of ketones is 1. The Bertz CT molecular complexity index is 673. The summed E-state index contributed by atoms with van der Waals surface area (Å²) < 4.78 is 11.1. The molecular weight excluding hydrogens is 294 g/mol. The molecule has 2 rings (SSSR count). The maximum atomic E-state index is 11.9. The van der Waals surface area contributed by atoms with Crippen molar-refractivity contribution in [2.24, 2.45) is 0 Å². The molecule has 0 aliphatic carbocycles. The Labute approximate surface area is 135 Å². The highest BCUT2D eigenvalue weighted by atomic mass is 16.5. The van der Waals surface area contributed by atoms with E-state index < -0.39 is 0 Å². The maximum Gasteiger partial charge on any atom is 0.287 e. The minimum absolute atomic E-state index is 0.0135. The smallest absolute Gasteiger partial charge is 0.287 e. The number of carbonyl (C=O) groups excluding carboxylic acids is 2. The average molecular weight is 315 g/mol. The van der Waals surface area contributed by atoms with Crippen molar-refractivity contribution in [3.63, 3.8) is 0 Å². The number of carbonyl (C=O) groups is 2. The lowest BCUT2D eigenvalue weighted by Gasteiger charge is -2.09. The molecule has 0 bridgehead atoms. The molecule has 0 spiro atoms. The molecule has 1 atom stereocenters. The lowest BCUT2D eigenvalue weighted by Crippen LogP contribution is -2.31. The van der Waals surface area contributed by atoms with Crippen LogP contribution in [0.4, 0.5) is 0 Å². The van der Waals surface area contributed by atoms with Crippen molar-refractivity contribution in [2.75, 3.05) is 0 Å². The number of rotatable bonds is 7. The number of amides is 1. The molecule has 1 aromatic carbocycles. The Balaban J connectivity index is 1.91. The van der Waals surface area contributed by atoms with Crippen molar-refractivity contribution in [1.82, 2.24) is 5.32 Å². The molecule has 2 aromatic rings. The molecule has 0 saturated heterocycles. The van der Waals surface area contributed by atoms with Crippen LogP contribution in [0.2, 0.25) is 0 Å². The van der Waals surface area contributed by atoms with E-state index in [4.69, 9.17) is 9.15 Å². The summed E-state index contributed by atoms with van der Waals surface area (Å²) in [5.74, 6) is 1.26. The minimum atomic E-state index is -0.226. The van der Waals surface area contributed by atoms with Gasteiger partial charge in [-0.1, -0.05) is 6.92 Å². The molecule has 0 fully saturated rings. The third kappa shape index (κ3) is 4.71. The van der Waals surface area contributed by atoms with Crippen molar-refractivity contribution in [2.45, 2.75) is 39.8 Å². The van der Waals surface area contributed by atoms with Gasteiger partial charge in [0.15, 0.2) is 11.5 Å². The number of furan rings is 1. The van der Waals surface area contributed by atoms with Crippen LogP contribution in [0.5, 0.6) is 5.75 Å². The summed E-state index contributed by atoms with van der Waals surface area (Å²) in [5.41, 5.74) is 0.638. The Morgan fingerprint density at radius 3 is 2.48 bits per heavy atom. The number of hydrogen-bond acceptors (Lipinski definition) is 4. The number of Topliss-reactive ketones (excluding diaryl/α,β-unsaturated/α-hetero) is 1. The highest BCUT2D eigenvalue weighted by Gasteiger charge is 2.13. The number of nitrogens with one attached hydrogen (secondary N) is 1. The Morgan fingerprint density at radius 2 is 1.87 bits per heavy atom. The van der Waals surface area contributed by atoms with Gasteiger partial charge < -0.3 is 14.5 Å². The highest BCUT2D eigenvalue weighted by molar-refractivity contribution is 5.94. The van der Waals surface area contributed by atoms with E-state index in [9.17, 15) is 9.59 Å². The Hall–Kier alpha value is -2.56. The monoisotopic (exact) mass is 315 g/mol. The van der Waals surface area contributed by atoms with Gasteiger partial charge in [-0.05, 0) is 56.7 Å². The fraction of sp³-hybridized carbons (Fsp3) is 0.333. The van der Waals surface area contributed by atoms with Gasteiger partial charge in [-0.3, -0.25) is 9.59 Å². The first-order valence-corrected chi connectivity index (χ1v) is 7.63. The van der Waals surface area contributed by atoms with Crippen molar-refractivity contribution >= 4 is 11.7 Å². The molecule has 5 nitrogen and oxygen atoms in total. The third-order valence-electron chi connectivity index (χ3n) is 3.52.